The quantitative estimate of drug-likeness (QED) is 0.821. The summed E-state index contributed by atoms with van der Waals surface area (Å²) in [6.45, 7) is 0.331. The number of rotatable bonds is 4. The molecule has 2 N–H and O–H groups in total. The number of aromatic amines is 1. The predicted molar refractivity (Wildman–Crippen MR) is 63.0 cm³/mol. The standard InChI is InChI=1S/C9H9N3O2S2/c13-7(14)3-4-12-8(10-11-9(12)15)6-2-1-5-16-6/h1-2,5H,3-4H2,(H,11,15)(H,13,14). The zero-order valence-electron chi connectivity index (χ0n) is 8.21. The number of carbonyl (C=O) groups is 1. The fraction of sp³-hybridized carbons (Fsp3) is 0.222. The SMILES string of the molecule is O=C(O)CCn1c(-c2cccs2)n[nH]c1=S. The number of hydrogen-bond donors (Lipinski definition) is 2. The van der Waals surface area contributed by atoms with Crippen LogP contribution in [-0.2, 0) is 11.3 Å². The molecule has 5 nitrogen and oxygen atoms in total. The summed E-state index contributed by atoms with van der Waals surface area (Å²) < 4.78 is 2.15. The molecular weight excluding hydrogens is 246 g/mol. The second kappa shape index (κ2) is 4.58. The van der Waals surface area contributed by atoms with E-state index in [0.717, 1.165) is 4.88 Å². The molecule has 0 unspecified atom stereocenters. The summed E-state index contributed by atoms with van der Waals surface area (Å²) in [5.74, 6) is -0.151. The van der Waals surface area contributed by atoms with Crippen molar-refractivity contribution in [3.05, 3.63) is 22.3 Å². The van der Waals surface area contributed by atoms with Gasteiger partial charge in [0.25, 0.3) is 0 Å². The summed E-state index contributed by atoms with van der Waals surface area (Å²) in [7, 11) is 0. The average Bonchev–Trinajstić information content (AvgIpc) is 2.83. The van der Waals surface area contributed by atoms with Crippen LogP contribution in [0.1, 0.15) is 6.42 Å². The molecule has 2 aromatic rings. The highest BCUT2D eigenvalue weighted by Crippen LogP contribution is 2.22. The van der Waals surface area contributed by atoms with Crippen LogP contribution in [0.15, 0.2) is 17.5 Å². The van der Waals surface area contributed by atoms with Crippen LogP contribution < -0.4 is 0 Å². The van der Waals surface area contributed by atoms with Gasteiger partial charge >= 0.3 is 5.97 Å². The van der Waals surface area contributed by atoms with Gasteiger partial charge in [0.1, 0.15) is 0 Å². The van der Waals surface area contributed by atoms with E-state index in [1.54, 1.807) is 15.9 Å². The first-order chi connectivity index (χ1) is 7.68. The van der Waals surface area contributed by atoms with Crippen LogP contribution in [0.25, 0.3) is 10.7 Å². The van der Waals surface area contributed by atoms with Gasteiger partial charge in [0.15, 0.2) is 10.6 Å². The van der Waals surface area contributed by atoms with Gasteiger partial charge in [-0.15, -0.1) is 11.3 Å². The third kappa shape index (κ3) is 2.20. The van der Waals surface area contributed by atoms with E-state index in [-0.39, 0.29) is 6.42 Å². The van der Waals surface area contributed by atoms with Crippen LogP contribution in [0.3, 0.4) is 0 Å². The molecule has 0 aliphatic rings. The number of carboxylic acids is 1. The number of hydrogen-bond acceptors (Lipinski definition) is 4. The van der Waals surface area contributed by atoms with Crippen LogP contribution in [0.2, 0.25) is 0 Å². The van der Waals surface area contributed by atoms with E-state index in [1.807, 2.05) is 17.5 Å². The number of H-pyrrole nitrogens is 1. The Hall–Kier alpha value is -1.47. The number of thiophene rings is 1. The van der Waals surface area contributed by atoms with Crippen molar-refractivity contribution < 1.29 is 9.90 Å². The maximum atomic E-state index is 10.5. The lowest BCUT2D eigenvalue weighted by atomic mass is 10.4. The van der Waals surface area contributed by atoms with Crippen molar-refractivity contribution in [2.75, 3.05) is 0 Å². The molecule has 0 atom stereocenters. The van der Waals surface area contributed by atoms with Gasteiger partial charge < -0.3 is 5.11 Å². The molecule has 16 heavy (non-hydrogen) atoms. The highest BCUT2D eigenvalue weighted by atomic mass is 32.1. The minimum atomic E-state index is -0.847. The Morgan fingerprint density at radius 2 is 2.50 bits per heavy atom. The molecule has 0 aromatic carbocycles. The Balaban J connectivity index is 2.33. The van der Waals surface area contributed by atoms with E-state index in [9.17, 15) is 4.79 Å². The van der Waals surface area contributed by atoms with Crippen LogP contribution in [0.5, 0.6) is 0 Å². The van der Waals surface area contributed by atoms with Crippen LogP contribution in [0, 0.1) is 4.77 Å². The van der Waals surface area contributed by atoms with Crippen molar-refractivity contribution in [1.82, 2.24) is 14.8 Å². The molecule has 84 valence electrons. The van der Waals surface area contributed by atoms with E-state index in [4.69, 9.17) is 17.3 Å². The van der Waals surface area contributed by atoms with Gasteiger partial charge in [0, 0.05) is 6.54 Å². The molecule has 2 aromatic heterocycles. The molecule has 0 spiro atoms. The molecule has 0 saturated heterocycles. The normalized spacial score (nSPS) is 10.5. The molecule has 0 aliphatic heterocycles. The van der Waals surface area contributed by atoms with Crippen molar-refractivity contribution in [2.45, 2.75) is 13.0 Å². The van der Waals surface area contributed by atoms with Gasteiger partial charge in [0.05, 0.1) is 11.3 Å². The average molecular weight is 255 g/mol. The van der Waals surface area contributed by atoms with Crippen molar-refractivity contribution in [3.8, 4) is 10.7 Å². The van der Waals surface area contributed by atoms with Crippen molar-refractivity contribution >= 4 is 29.5 Å². The minimum absolute atomic E-state index is 0.0339. The molecule has 0 aliphatic carbocycles. The molecule has 7 heteroatoms. The van der Waals surface area contributed by atoms with E-state index in [1.165, 1.54) is 0 Å². The van der Waals surface area contributed by atoms with E-state index >= 15 is 0 Å². The number of nitrogens with zero attached hydrogens (tertiary/aromatic N) is 2. The largest absolute Gasteiger partial charge is 0.481 e. The Bertz CT molecular complexity index is 541. The lowest BCUT2D eigenvalue weighted by Crippen LogP contribution is -2.05. The summed E-state index contributed by atoms with van der Waals surface area (Å²) in [4.78, 5) is 11.5. The fourth-order valence-corrected chi connectivity index (χ4v) is 2.27. The number of nitrogens with one attached hydrogen (secondary N) is 1. The molecule has 0 amide bonds. The molecule has 2 heterocycles. The fourth-order valence-electron chi connectivity index (χ4n) is 1.33. The first-order valence-electron chi connectivity index (χ1n) is 4.59. The number of aromatic nitrogens is 3. The van der Waals surface area contributed by atoms with Crippen molar-refractivity contribution in [2.24, 2.45) is 0 Å². The molecule has 2 rings (SSSR count). The van der Waals surface area contributed by atoms with Gasteiger partial charge in [-0.25, -0.2) is 0 Å². The monoisotopic (exact) mass is 255 g/mol. The van der Waals surface area contributed by atoms with Gasteiger partial charge in [-0.2, -0.15) is 5.10 Å². The molecule has 0 bridgehead atoms. The van der Waals surface area contributed by atoms with Crippen LogP contribution in [-0.4, -0.2) is 25.8 Å². The van der Waals surface area contributed by atoms with E-state index in [2.05, 4.69) is 10.2 Å². The number of carboxylic acid groups (broad SMARTS) is 1. The zero-order valence-corrected chi connectivity index (χ0v) is 9.85. The Labute approximate surface area is 100 Å². The van der Waals surface area contributed by atoms with Crippen LogP contribution in [0.4, 0.5) is 0 Å². The second-order valence-electron chi connectivity index (χ2n) is 3.13. The van der Waals surface area contributed by atoms with Gasteiger partial charge in [-0.3, -0.25) is 14.5 Å². The van der Waals surface area contributed by atoms with Crippen molar-refractivity contribution in [1.29, 1.82) is 0 Å². The van der Waals surface area contributed by atoms with Gasteiger partial charge in [-0.1, -0.05) is 6.07 Å². The summed E-state index contributed by atoms with van der Waals surface area (Å²) >= 11 is 6.60. The maximum Gasteiger partial charge on any atom is 0.305 e. The van der Waals surface area contributed by atoms with Gasteiger partial charge in [0.2, 0.25) is 0 Å². The Morgan fingerprint density at radius 3 is 3.12 bits per heavy atom. The van der Waals surface area contributed by atoms with Crippen molar-refractivity contribution in [3.63, 3.8) is 0 Å². The summed E-state index contributed by atoms with van der Waals surface area (Å²) in [5.41, 5.74) is 0. The highest BCUT2D eigenvalue weighted by Gasteiger charge is 2.10. The molecular formula is C9H9N3O2S2. The first-order valence-corrected chi connectivity index (χ1v) is 5.88. The second-order valence-corrected chi connectivity index (χ2v) is 4.46. The lowest BCUT2D eigenvalue weighted by Gasteiger charge is -2.02. The Morgan fingerprint density at radius 1 is 1.69 bits per heavy atom. The third-order valence-corrected chi connectivity index (χ3v) is 3.23. The summed E-state index contributed by atoms with van der Waals surface area (Å²) in [5, 5.41) is 17.4. The van der Waals surface area contributed by atoms with E-state index < -0.39 is 5.97 Å². The topological polar surface area (TPSA) is 70.9 Å². The smallest absolute Gasteiger partial charge is 0.305 e. The summed E-state index contributed by atoms with van der Waals surface area (Å²) in [6.07, 6.45) is 0.0339. The highest BCUT2D eigenvalue weighted by molar-refractivity contribution is 7.71. The molecule has 0 saturated carbocycles. The number of aliphatic carboxylic acids is 1. The van der Waals surface area contributed by atoms with E-state index in [0.29, 0.717) is 17.1 Å². The molecule has 0 fully saturated rings. The maximum absolute atomic E-state index is 10.5. The summed E-state index contributed by atoms with van der Waals surface area (Å²) in [6, 6.07) is 3.84. The zero-order chi connectivity index (χ0) is 11.5. The third-order valence-electron chi connectivity index (χ3n) is 2.05. The minimum Gasteiger partial charge on any atom is -0.481 e. The lowest BCUT2D eigenvalue weighted by molar-refractivity contribution is -0.137. The van der Waals surface area contributed by atoms with Crippen LogP contribution >= 0.6 is 23.6 Å². The Kier molecular flexibility index (Phi) is 3.16. The first kappa shape index (κ1) is 11.0. The predicted octanol–water partition coefficient (Wildman–Crippen LogP) is 2.14. The molecule has 0 radical (unpaired) electrons. The van der Waals surface area contributed by atoms with Gasteiger partial charge in [-0.05, 0) is 23.7 Å².